The summed E-state index contributed by atoms with van der Waals surface area (Å²) in [6.45, 7) is 4.67. The number of nitrogens with one attached hydrogen (secondary N) is 1. The third-order valence-corrected chi connectivity index (χ3v) is 7.28. The van der Waals surface area contributed by atoms with Gasteiger partial charge in [-0.2, -0.15) is 5.26 Å². The summed E-state index contributed by atoms with van der Waals surface area (Å²) >= 11 is 0. The summed E-state index contributed by atoms with van der Waals surface area (Å²) in [5, 5.41) is 13.2. The second kappa shape index (κ2) is 11.7. The Morgan fingerprint density at radius 2 is 1.70 bits per heavy atom. The van der Waals surface area contributed by atoms with Crippen LogP contribution in [0.15, 0.2) is 78.9 Å². The minimum atomic E-state index is -0.550. The van der Waals surface area contributed by atoms with Crippen LogP contribution >= 0.6 is 0 Å². The van der Waals surface area contributed by atoms with Crippen LogP contribution in [0.2, 0.25) is 0 Å². The van der Waals surface area contributed by atoms with E-state index in [0.717, 1.165) is 42.4 Å². The molecule has 0 aliphatic heterocycles. The van der Waals surface area contributed by atoms with E-state index < -0.39 is 11.0 Å². The van der Waals surface area contributed by atoms with Crippen molar-refractivity contribution in [3.8, 4) is 6.07 Å². The zero-order valence-corrected chi connectivity index (χ0v) is 21.9. The Kier molecular flexibility index (Phi) is 8.43. The quantitative estimate of drug-likeness (QED) is 0.362. The highest BCUT2D eigenvalue weighted by molar-refractivity contribution is 5.95. The van der Waals surface area contributed by atoms with E-state index in [9.17, 15) is 10.1 Å². The van der Waals surface area contributed by atoms with Gasteiger partial charge in [0, 0.05) is 11.1 Å². The van der Waals surface area contributed by atoms with Crippen LogP contribution in [0.3, 0.4) is 0 Å². The molecule has 0 spiro atoms. The highest BCUT2D eigenvalue weighted by atomic mass is 16.5. The predicted molar refractivity (Wildman–Crippen MR) is 147 cm³/mol. The smallest absolute Gasteiger partial charge is 0.251 e. The van der Waals surface area contributed by atoms with Crippen LogP contribution in [0.25, 0.3) is 0 Å². The lowest BCUT2D eigenvalue weighted by Gasteiger charge is -2.25. The van der Waals surface area contributed by atoms with Crippen molar-refractivity contribution < 1.29 is 9.53 Å². The number of ether oxygens (including phenoxy) is 1. The van der Waals surface area contributed by atoms with Gasteiger partial charge in [0.1, 0.15) is 0 Å². The molecular weight excluding hydrogens is 458 g/mol. The van der Waals surface area contributed by atoms with Crippen molar-refractivity contribution in [2.24, 2.45) is 5.73 Å². The minimum Gasteiger partial charge on any atom is -0.375 e. The molecule has 0 heterocycles. The number of hydrogen-bond acceptors (Lipinski definition) is 4. The molecule has 3 N–H and O–H groups in total. The summed E-state index contributed by atoms with van der Waals surface area (Å²) in [7, 11) is 0. The van der Waals surface area contributed by atoms with Crippen LogP contribution in [-0.2, 0) is 23.2 Å². The third-order valence-electron chi connectivity index (χ3n) is 7.28. The number of rotatable bonds is 10. The monoisotopic (exact) mass is 495 g/mol. The topological polar surface area (TPSA) is 88.1 Å². The van der Waals surface area contributed by atoms with Gasteiger partial charge in [0.05, 0.1) is 30.7 Å². The molecule has 1 aliphatic rings. The maximum absolute atomic E-state index is 13.3. The first kappa shape index (κ1) is 26.6. The van der Waals surface area contributed by atoms with E-state index in [-0.39, 0.29) is 11.9 Å². The lowest BCUT2D eigenvalue weighted by atomic mass is 9.79. The number of amides is 1. The average molecular weight is 496 g/mol. The fourth-order valence-corrected chi connectivity index (χ4v) is 5.25. The van der Waals surface area contributed by atoms with Crippen LogP contribution in [0.4, 0.5) is 0 Å². The minimum absolute atomic E-state index is 0.135. The molecule has 1 aliphatic carbocycles. The van der Waals surface area contributed by atoms with Crippen molar-refractivity contribution in [2.45, 2.75) is 69.6 Å². The number of nitriles is 1. The van der Waals surface area contributed by atoms with E-state index in [1.807, 2.05) is 80.6 Å². The first-order chi connectivity index (χ1) is 17.8. The molecule has 2 atom stereocenters. The molecule has 0 bridgehead atoms. The van der Waals surface area contributed by atoms with Gasteiger partial charge in [-0.3, -0.25) is 4.79 Å². The van der Waals surface area contributed by atoms with E-state index in [1.54, 1.807) is 0 Å². The Morgan fingerprint density at radius 1 is 1.05 bits per heavy atom. The van der Waals surface area contributed by atoms with Gasteiger partial charge < -0.3 is 15.8 Å². The lowest BCUT2D eigenvalue weighted by Crippen LogP contribution is -2.43. The molecule has 192 valence electrons. The van der Waals surface area contributed by atoms with Gasteiger partial charge >= 0.3 is 0 Å². The van der Waals surface area contributed by atoms with E-state index in [2.05, 4.69) is 23.5 Å². The average Bonchev–Trinajstić information content (AvgIpc) is 3.40. The summed E-state index contributed by atoms with van der Waals surface area (Å²) in [5.41, 5.74) is 10.0. The summed E-state index contributed by atoms with van der Waals surface area (Å²) in [6.07, 6.45) is 4.37. The zero-order valence-electron chi connectivity index (χ0n) is 21.9. The van der Waals surface area contributed by atoms with Gasteiger partial charge in [0.25, 0.3) is 5.91 Å². The van der Waals surface area contributed by atoms with Crippen molar-refractivity contribution in [1.82, 2.24) is 5.32 Å². The normalized spacial score (nSPS) is 16.9. The Labute approximate surface area is 220 Å². The van der Waals surface area contributed by atoms with Gasteiger partial charge in [-0.1, -0.05) is 79.6 Å². The molecule has 37 heavy (non-hydrogen) atoms. The number of carbonyl (C=O) groups is 1. The molecule has 0 saturated heterocycles. The number of benzene rings is 3. The van der Waals surface area contributed by atoms with Crippen molar-refractivity contribution in [3.05, 3.63) is 107 Å². The van der Waals surface area contributed by atoms with Crippen molar-refractivity contribution in [3.63, 3.8) is 0 Å². The first-order valence-electron chi connectivity index (χ1n) is 13.1. The summed E-state index contributed by atoms with van der Waals surface area (Å²) < 4.78 is 6.09. The number of carbonyl (C=O) groups excluding carboxylic acids is 1. The van der Waals surface area contributed by atoms with Gasteiger partial charge in [-0.25, -0.2) is 0 Å². The molecule has 1 unspecified atom stereocenters. The predicted octanol–water partition coefficient (Wildman–Crippen LogP) is 5.99. The fourth-order valence-electron chi connectivity index (χ4n) is 5.25. The Morgan fingerprint density at radius 3 is 2.35 bits per heavy atom. The molecule has 3 aromatic carbocycles. The molecule has 0 aromatic heterocycles. The molecule has 0 radical (unpaired) electrons. The van der Waals surface area contributed by atoms with Crippen LogP contribution in [0.1, 0.15) is 78.2 Å². The third kappa shape index (κ3) is 6.85. The Bertz CT molecular complexity index is 1230. The number of nitrogens with two attached hydrogens (primary N) is 1. The molecule has 1 saturated carbocycles. The van der Waals surface area contributed by atoms with Gasteiger partial charge in [-0.15, -0.1) is 0 Å². The largest absolute Gasteiger partial charge is 0.375 e. The highest BCUT2D eigenvalue weighted by Crippen LogP contribution is 2.41. The fraction of sp³-hybridized carbons (Fsp3) is 0.375. The van der Waals surface area contributed by atoms with Crippen molar-refractivity contribution in [1.29, 1.82) is 5.26 Å². The molecule has 1 amide bonds. The SMILES string of the molecule is C[C@@H](NC(=O)c1cc(COCC(C)(N)Cc2ccccc2)cc(C2(C#N)CCCC2)c1)c1ccccc1. The zero-order chi connectivity index (χ0) is 26.3. The van der Waals surface area contributed by atoms with E-state index in [0.29, 0.717) is 25.2 Å². The van der Waals surface area contributed by atoms with Crippen LogP contribution in [-0.4, -0.2) is 18.1 Å². The van der Waals surface area contributed by atoms with Crippen LogP contribution < -0.4 is 11.1 Å². The molecular formula is C32H37N3O2. The maximum atomic E-state index is 13.3. The lowest BCUT2D eigenvalue weighted by molar-refractivity contribution is 0.0789. The Balaban J connectivity index is 1.52. The van der Waals surface area contributed by atoms with E-state index >= 15 is 0 Å². The second-order valence-corrected chi connectivity index (χ2v) is 10.7. The van der Waals surface area contributed by atoms with Crippen LogP contribution in [0.5, 0.6) is 0 Å². The van der Waals surface area contributed by atoms with Gasteiger partial charge in [-0.05, 0) is 67.5 Å². The number of hydrogen-bond donors (Lipinski definition) is 2. The molecule has 5 heteroatoms. The molecule has 3 aromatic rings. The highest BCUT2D eigenvalue weighted by Gasteiger charge is 2.36. The van der Waals surface area contributed by atoms with Gasteiger partial charge in [0.15, 0.2) is 0 Å². The van der Waals surface area contributed by atoms with E-state index in [1.165, 1.54) is 5.56 Å². The summed E-state index contributed by atoms with van der Waals surface area (Å²) in [6, 6.07) is 28.3. The Hall–Kier alpha value is -3.46. The maximum Gasteiger partial charge on any atom is 0.251 e. The van der Waals surface area contributed by atoms with Crippen LogP contribution in [0, 0.1) is 11.3 Å². The molecule has 4 rings (SSSR count). The standard InChI is InChI=1S/C32H37N3O2/c1-24(27-13-7-4-8-14-27)35-30(36)28-17-26(18-29(19-28)32(22-33)15-9-10-16-32)21-37-23-31(2,34)20-25-11-5-3-6-12-25/h3-8,11-14,17-19,24H,9-10,15-16,20-21,23,34H2,1-2H3,(H,35,36)/t24-,31?/m1/s1. The van der Waals surface area contributed by atoms with Crippen molar-refractivity contribution >= 4 is 5.91 Å². The second-order valence-electron chi connectivity index (χ2n) is 10.7. The summed E-state index contributed by atoms with van der Waals surface area (Å²) in [5.74, 6) is -0.154. The first-order valence-corrected chi connectivity index (χ1v) is 13.1. The van der Waals surface area contributed by atoms with E-state index in [4.69, 9.17) is 10.5 Å². The number of nitrogens with zero attached hydrogens (tertiary/aromatic N) is 1. The molecule has 5 nitrogen and oxygen atoms in total. The van der Waals surface area contributed by atoms with Crippen molar-refractivity contribution in [2.75, 3.05) is 6.61 Å². The van der Waals surface area contributed by atoms with Gasteiger partial charge in [0.2, 0.25) is 0 Å². The molecule has 1 fully saturated rings. The summed E-state index contributed by atoms with van der Waals surface area (Å²) in [4.78, 5) is 13.3.